The predicted molar refractivity (Wildman–Crippen MR) is 77.7 cm³/mol. The second-order valence-corrected chi connectivity index (χ2v) is 4.51. The highest BCUT2D eigenvalue weighted by atomic mass is 16.5. The molecule has 0 aromatic heterocycles. The van der Waals surface area contributed by atoms with Gasteiger partial charge in [-0.25, -0.2) is 0 Å². The molecule has 0 aliphatic rings. The zero-order valence-corrected chi connectivity index (χ0v) is 11.8. The van der Waals surface area contributed by atoms with Gasteiger partial charge < -0.3 is 9.47 Å². The maximum Gasteiger partial charge on any atom is 0.193 e. The number of ketones is 1. The first-order valence-corrected chi connectivity index (χ1v) is 6.46. The quantitative estimate of drug-likeness (QED) is 0.756. The topological polar surface area (TPSA) is 35.5 Å². The van der Waals surface area contributed by atoms with Crippen molar-refractivity contribution in [2.75, 3.05) is 14.2 Å². The van der Waals surface area contributed by atoms with Gasteiger partial charge in [0.2, 0.25) is 0 Å². The summed E-state index contributed by atoms with van der Waals surface area (Å²) in [5.74, 6) is 0.00491. The summed E-state index contributed by atoms with van der Waals surface area (Å²) in [6, 6.07) is 15.0. The third kappa shape index (κ3) is 3.13. The van der Waals surface area contributed by atoms with E-state index in [4.69, 9.17) is 9.47 Å². The number of methoxy groups -OCH3 is 2. The maximum atomic E-state index is 12.7. The summed E-state index contributed by atoms with van der Waals surface area (Å²) in [6.45, 7) is 0.850. The predicted octanol–water partition coefficient (Wildman–Crippen LogP) is 3.21. The minimum absolute atomic E-state index is 0.00491. The molecule has 2 aromatic carbocycles. The van der Waals surface area contributed by atoms with E-state index in [2.05, 4.69) is 0 Å². The van der Waals surface area contributed by atoms with Gasteiger partial charge >= 0.3 is 0 Å². The molecule has 0 amide bonds. The molecule has 2 aromatic rings. The fraction of sp³-hybridized carbons (Fsp3) is 0.235. The molecule has 0 aliphatic heterocycles. The van der Waals surface area contributed by atoms with Gasteiger partial charge in [-0.3, -0.25) is 4.79 Å². The summed E-state index contributed by atoms with van der Waals surface area (Å²) in [7, 11) is 3.25. The number of ether oxygens (including phenoxy) is 2. The molecular weight excluding hydrogens is 252 g/mol. The molecule has 0 saturated carbocycles. The summed E-state index contributed by atoms with van der Waals surface area (Å²) < 4.78 is 10.3. The lowest BCUT2D eigenvalue weighted by atomic mass is 9.95. The van der Waals surface area contributed by atoms with Crippen molar-refractivity contribution >= 4 is 5.78 Å². The first-order valence-electron chi connectivity index (χ1n) is 6.46. The summed E-state index contributed by atoms with van der Waals surface area (Å²) in [5, 5.41) is 0. The summed E-state index contributed by atoms with van der Waals surface area (Å²) in [4.78, 5) is 12.7. The molecule has 0 atom stereocenters. The Bertz CT molecular complexity index is 539. The van der Waals surface area contributed by atoms with Gasteiger partial charge in [-0.1, -0.05) is 48.5 Å². The molecule has 0 bridgehead atoms. The van der Waals surface area contributed by atoms with Crippen LogP contribution in [0.4, 0.5) is 0 Å². The van der Waals surface area contributed by atoms with Gasteiger partial charge in [-0.2, -0.15) is 0 Å². The van der Waals surface area contributed by atoms with Gasteiger partial charge in [0.15, 0.2) is 5.78 Å². The van der Waals surface area contributed by atoms with Gasteiger partial charge in [0, 0.05) is 25.3 Å². The number of rotatable bonds is 6. The van der Waals surface area contributed by atoms with Crippen LogP contribution in [0.2, 0.25) is 0 Å². The molecule has 0 saturated heterocycles. The number of hydrogen-bond donors (Lipinski definition) is 0. The van der Waals surface area contributed by atoms with E-state index in [0.29, 0.717) is 24.3 Å². The van der Waals surface area contributed by atoms with Crippen molar-refractivity contribution in [3.8, 4) is 0 Å². The van der Waals surface area contributed by atoms with E-state index in [1.165, 1.54) is 0 Å². The Morgan fingerprint density at radius 1 is 0.800 bits per heavy atom. The van der Waals surface area contributed by atoms with Crippen LogP contribution in [0.25, 0.3) is 0 Å². The number of benzene rings is 2. The van der Waals surface area contributed by atoms with Gasteiger partial charge in [0.05, 0.1) is 13.2 Å². The Balaban J connectivity index is 2.41. The molecule has 0 fully saturated rings. The van der Waals surface area contributed by atoms with E-state index in [-0.39, 0.29) is 5.78 Å². The number of hydrogen-bond acceptors (Lipinski definition) is 3. The Morgan fingerprint density at radius 2 is 1.20 bits per heavy atom. The second kappa shape index (κ2) is 6.98. The first-order chi connectivity index (χ1) is 9.77. The molecule has 104 valence electrons. The minimum Gasteiger partial charge on any atom is -0.380 e. The van der Waals surface area contributed by atoms with Gasteiger partial charge in [0.25, 0.3) is 0 Å². The van der Waals surface area contributed by atoms with Crippen molar-refractivity contribution in [1.82, 2.24) is 0 Å². The Kier molecular flexibility index (Phi) is 5.04. The van der Waals surface area contributed by atoms with Crippen LogP contribution in [-0.2, 0) is 22.7 Å². The summed E-state index contributed by atoms with van der Waals surface area (Å²) >= 11 is 0. The lowest BCUT2D eigenvalue weighted by Crippen LogP contribution is -2.09. The van der Waals surface area contributed by atoms with E-state index >= 15 is 0 Å². The van der Waals surface area contributed by atoms with Crippen LogP contribution >= 0.6 is 0 Å². The van der Waals surface area contributed by atoms with Crippen molar-refractivity contribution in [3.63, 3.8) is 0 Å². The highest BCUT2D eigenvalue weighted by Gasteiger charge is 2.16. The van der Waals surface area contributed by atoms with Crippen LogP contribution in [-0.4, -0.2) is 20.0 Å². The van der Waals surface area contributed by atoms with Crippen molar-refractivity contribution < 1.29 is 14.3 Å². The van der Waals surface area contributed by atoms with E-state index < -0.39 is 0 Å². The zero-order valence-electron chi connectivity index (χ0n) is 11.8. The average molecular weight is 270 g/mol. The van der Waals surface area contributed by atoms with E-state index in [1.54, 1.807) is 14.2 Å². The van der Waals surface area contributed by atoms with Crippen LogP contribution in [0.3, 0.4) is 0 Å². The van der Waals surface area contributed by atoms with Crippen molar-refractivity contribution in [2.24, 2.45) is 0 Å². The van der Waals surface area contributed by atoms with Crippen LogP contribution in [0.5, 0.6) is 0 Å². The molecule has 2 rings (SSSR count). The molecule has 20 heavy (non-hydrogen) atoms. The lowest BCUT2D eigenvalue weighted by Gasteiger charge is -2.11. The maximum absolute atomic E-state index is 12.7. The molecular formula is C17H18O3. The molecule has 0 aliphatic carbocycles. The highest BCUT2D eigenvalue weighted by molar-refractivity contribution is 6.10. The third-order valence-electron chi connectivity index (χ3n) is 3.12. The first kappa shape index (κ1) is 14.4. The van der Waals surface area contributed by atoms with E-state index in [1.807, 2.05) is 48.5 Å². The van der Waals surface area contributed by atoms with Gasteiger partial charge in [0.1, 0.15) is 0 Å². The molecule has 0 N–H and O–H groups in total. The monoisotopic (exact) mass is 270 g/mol. The minimum atomic E-state index is 0.00491. The third-order valence-corrected chi connectivity index (χ3v) is 3.12. The number of carbonyl (C=O) groups excluding carboxylic acids is 1. The molecule has 0 unspecified atom stereocenters. The Hall–Kier alpha value is -1.97. The lowest BCUT2D eigenvalue weighted by molar-refractivity contribution is 0.102. The van der Waals surface area contributed by atoms with Crippen molar-refractivity contribution in [1.29, 1.82) is 0 Å². The van der Waals surface area contributed by atoms with Crippen molar-refractivity contribution in [3.05, 3.63) is 70.8 Å². The van der Waals surface area contributed by atoms with Crippen LogP contribution in [0.1, 0.15) is 27.0 Å². The fourth-order valence-electron chi connectivity index (χ4n) is 2.19. The molecule has 3 nitrogen and oxygen atoms in total. The zero-order chi connectivity index (χ0) is 14.4. The van der Waals surface area contributed by atoms with E-state index in [9.17, 15) is 4.79 Å². The molecule has 3 heteroatoms. The molecule has 0 radical (unpaired) electrons. The van der Waals surface area contributed by atoms with E-state index in [0.717, 1.165) is 11.1 Å². The van der Waals surface area contributed by atoms with Crippen LogP contribution in [0, 0.1) is 0 Å². The molecule has 0 heterocycles. The van der Waals surface area contributed by atoms with Crippen LogP contribution in [0.15, 0.2) is 48.5 Å². The Labute approximate surface area is 119 Å². The SMILES string of the molecule is COCc1ccccc1C(=O)c1ccccc1COC. The standard InChI is InChI=1S/C17H18O3/c1-19-11-13-7-3-5-9-15(13)17(18)16-10-6-4-8-14(16)12-20-2/h3-10H,11-12H2,1-2H3. The van der Waals surface area contributed by atoms with Gasteiger partial charge in [-0.05, 0) is 11.1 Å². The van der Waals surface area contributed by atoms with Gasteiger partial charge in [-0.15, -0.1) is 0 Å². The second-order valence-electron chi connectivity index (χ2n) is 4.51. The van der Waals surface area contributed by atoms with Crippen LogP contribution < -0.4 is 0 Å². The largest absolute Gasteiger partial charge is 0.380 e. The normalized spacial score (nSPS) is 10.5. The number of carbonyl (C=O) groups is 1. The smallest absolute Gasteiger partial charge is 0.193 e. The summed E-state index contributed by atoms with van der Waals surface area (Å²) in [5.41, 5.74) is 3.15. The summed E-state index contributed by atoms with van der Waals surface area (Å²) in [6.07, 6.45) is 0. The average Bonchev–Trinajstić information content (AvgIpc) is 2.48. The van der Waals surface area contributed by atoms with Crippen molar-refractivity contribution in [2.45, 2.75) is 13.2 Å². The fourth-order valence-corrected chi connectivity index (χ4v) is 2.19. The highest BCUT2D eigenvalue weighted by Crippen LogP contribution is 2.19. The Morgan fingerprint density at radius 3 is 1.60 bits per heavy atom. The molecule has 0 spiro atoms.